The predicted octanol–water partition coefficient (Wildman–Crippen LogP) is -0.0561. The van der Waals surface area contributed by atoms with Crippen molar-refractivity contribution in [3.05, 3.63) is 5.21 Å². The van der Waals surface area contributed by atoms with E-state index in [1.54, 1.807) is 0 Å². The molecule has 5 nitrogen and oxygen atoms in total. The summed E-state index contributed by atoms with van der Waals surface area (Å²) in [7, 11) is 0. The zero-order valence-corrected chi connectivity index (χ0v) is 7.48. The molecule has 0 spiro atoms. The van der Waals surface area contributed by atoms with Gasteiger partial charge in [0.1, 0.15) is 5.75 Å². The van der Waals surface area contributed by atoms with Gasteiger partial charge in [-0.2, -0.15) is 0 Å². The number of hydroxylamine groups is 3. The number of carboxylic acid groups (broad SMARTS) is 1. The van der Waals surface area contributed by atoms with Gasteiger partial charge in [-0.3, -0.25) is 0 Å². The SMILES string of the molecule is O=C(O)C[N+]1([O-])C(=O)CSC1=S. The second-order valence-electron chi connectivity index (χ2n) is 2.24. The van der Waals surface area contributed by atoms with Gasteiger partial charge in [0.05, 0.1) is 0 Å². The minimum atomic E-state index is -1.49. The van der Waals surface area contributed by atoms with Crippen molar-refractivity contribution in [3.63, 3.8) is 0 Å². The first kappa shape index (κ1) is 9.59. The van der Waals surface area contributed by atoms with E-state index in [9.17, 15) is 14.8 Å². The Morgan fingerprint density at radius 3 is 2.75 bits per heavy atom. The quantitative estimate of drug-likeness (QED) is 0.388. The average Bonchev–Trinajstić information content (AvgIpc) is 2.16. The highest BCUT2D eigenvalue weighted by Crippen LogP contribution is 2.26. The van der Waals surface area contributed by atoms with E-state index < -0.39 is 23.1 Å². The number of hydrogen-bond donors (Lipinski definition) is 1. The van der Waals surface area contributed by atoms with Crippen molar-refractivity contribution in [3.8, 4) is 0 Å². The number of amides is 1. The van der Waals surface area contributed by atoms with E-state index in [1.807, 2.05) is 0 Å². The third-order valence-electron chi connectivity index (χ3n) is 1.37. The molecule has 0 radical (unpaired) electrons. The second kappa shape index (κ2) is 3.09. The van der Waals surface area contributed by atoms with Crippen molar-refractivity contribution in [2.75, 3.05) is 12.3 Å². The van der Waals surface area contributed by atoms with Crippen LogP contribution >= 0.6 is 24.0 Å². The van der Waals surface area contributed by atoms with Crippen molar-refractivity contribution >= 4 is 40.2 Å². The van der Waals surface area contributed by atoms with E-state index in [-0.39, 0.29) is 10.1 Å². The number of carbonyl (C=O) groups excluding carboxylic acids is 1. The van der Waals surface area contributed by atoms with Crippen molar-refractivity contribution in [2.24, 2.45) is 0 Å². The number of nitrogens with zero attached hydrogens (tertiary/aromatic N) is 1. The number of carboxylic acids is 1. The van der Waals surface area contributed by atoms with Crippen molar-refractivity contribution in [2.45, 2.75) is 0 Å². The normalized spacial score (nSPS) is 29.4. The zero-order valence-electron chi connectivity index (χ0n) is 5.85. The topological polar surface area (TPSA) is 77.4 Å². The molecular weight excluding hydrogens is 202 g/mol. The van der Waals surface area contributed by atoms with E-state index >= 15 is 0 Å². The minimum absolute atomic E-state index is 0.0182. The van der Waals surface area contributed by atoms with Gasteiger partial charge in [0.15, 0.2) is 6.54 Å². The molecule has 1 amide bonds. The number of rotatable bonds is 2. The van der Waals surface area contributed by atoms with E-state index in [0.29, 0.717) is 0 Å². The lowest BCUT2D eigenvalue weighted by atomic mass is 10.5. The van der Waals surface area contributed by atoms with Gasteiger partial charge < -0.3 is 10.3 Å². The van der Waals surface area contributed by atoms with Crippen LogP contribution in [-0.2, 0) is 9.59 Å². The van der Waals surface area contributed by atoms with Crippen LogP contribution in [0.2, 0.25) is 0 Å². The van der Waals surface area contributed by atoms with Crippen LogP contribution in [0.5, 0.6) is 0 Å². The summed E-state index contributed by atoms with van der Waals surface area (Å²) in [5.74, 6) is -2.02. The van der Waals surface area contributed by atoms with E-state index in [1.165, 1.54) is 0 Å². The summed E-state index contributed by atoms with van der Waals surface area (Å²) >= 11 is 5.52. The van der Waals surface area contributed by atoms with Crippen LogP contribution in [0.15, 0.2) is 0 Å². The fourth-order valence-corrected chi connectivity index (χ4v) is 1.95. The number of quaternary nitrogens is 1. The summed E-state index contributed by atoms with van der Waals surface area (Å²) in [6.45, 7) is -0.801. The lowest BCUT2D eigenvalue weighted by molar-refractivity contribution is -0.689. The lowest BCUT2D eigenvalue weighted by Gasteiger charge is -2.31. The average molecular weight is 207 g/mol. The van der Waals surface area contributed by atoms with Crippen molar-refractivity contribution in [1.29, 1.82) is 0 Å². The molecule has 66 valence electrons. The molecule has 0 aliphatic carbocycles. The zero-order chi connectivity index (χ0) is 9.35. The Balaban J connectivity index is 2.87. The molecular formula is C5H5NO4S2. The summed E-state index contributed by atoms with van der Waals surface area (Å²) in [5.41, 5.74) is 0. The number of aliphatic carboxylic acids is 1. The molecule has 1 N–H and O–H groups in total. The van der Waals surface area contributed by atoms with Gasteiger partial charge in [-0.05, 0) is 24.0 Å². The largest absolute Gasteiger partial charge is 0.618 e. The molecule has 1 fully saturated rings. The van der Waals surface area contributed by atoms with Crippen LogP contribution in [0.25, 0.3) is 0 Å². The number of carbonyl (C=O) groups is 2. The minimum Gasteiger partial charge on any atom is -0.618 e. The predicted molar refractivity (Wildman–Crippen MR) is 46.2 cm³/mol. The van der Waals surface area contributed by atoms with Gasteiger partial charge in [0.25, 0.3) is 0 Å². The van der Waals surface area contributed by atoms with Crippen LogP contribution in [0.4, 0.5) is 0 Å². The fourth-order valence-electron chi connectivity index (χ4n) is 0.777. The van der Waals surface area contributed by atoms with Gasteiger partial charge in [0.2, 0.25) is 4.32 Å². The third kappa shape index (κ3) is 1.48. The maximum atomic E-state index is 11.4. The Kier molecular flexibility index (Phi) is 2.47. The molecule has 1 rings (SSSR count). The van der Waals surface area contributed by atoms with E-state index in [0.717, 1.165) is 11.8 Å². The molecule has 1 atom stereocenters. The van der Waals surface area contributed by atoms with Gasteiger partial charge in [-0.15, -0.1) is 0 Å². The van der Waals surface area contributed by atoms with Gasteiger partial charge >= 0.3 is 11.9 Å². The molecule has 12 heavy (non-hydrogen) atoms. The highest BCUT2D eigenvalue weighted by Gasteiger charge is 2.42. The molecule has 0 saturated carbocycles. The summed E-state index contributed by atoms with van der Waals surface area (Å²) in [6, 6.07) is 0. The fraction of sp³-hybridized carbons (Fsp3) is 0.400. The standard InChI is InChI=1S/C5H5NO4S2/c7-3-2-12-5(11)6(3,10)1-4(8)9/h1-2H2,(H,8,9). The summed E-state index contributed by atoms with van der Waals surface area (Å²) in [6.07, 6.45) is 0. The summed E-state index contributed by atoms with van der Waals surface area (Å²) in [4.78, 5) is 21.1. The maximum Gasteiger partial charge on any atom is 0.360 e. The second-order valence-corrected chi connectivity index (χ2v) is 3.85. The number of hydrogen-bond acceptors (Lipinski definition) is 5. The summed E-state index contributed by atoms with van der Waals surface area (Å²) in [5, 5.41) is 19.8. The molecule has 0 aromatic rings. The lowest BCUT2D eigenvalue weighted by Crippen LogP contribution is -2.49. The van der Waals surface area contributed by atoms with E-state index in [4.69, 9.17) is 5.11 Å². The van der Waals surface area contributed by atoms with Crippen LogP contribution in [-0.4, -0.2) is 38.2 Å². The molecule has 0 aromatic carbocycles. The summed E-state index contributed by atoms with van der Waals surface area (Å²) < 4.78 is -1.60. The first-order valence-electron chi connectivity index (χ1n) is 2.98. The molecule has 1 unspecified atom stereocenters. The van der Waals surface area contributed by atoms with Crippen LogP contribution in [0, 0.1) is 5.21 Å². The Bertz CT molecular complexity index is 248. The Morgan fingerprint density at radius 1 is 1.83 bits per heavy atom. The highest BCUT2D eigenvalue weighted by atomic mass is 32.2. The molecule has 0 aromatic heterocycles. The molecule has 1 heterocycles. The van der Waals surface area contributed by atoms with Gasteiger partial charge in [0, 0.05) is 0 Å². The molecule has 7 heteroatoms. The van der Waals surface area contributed by atoms with Gasteiger partial charge in [-0.1, -0.05) is 0 Å². The number of thiocarbonyl (C=S) groups is 1. The molecule has 1 aliphatic heterocycles. The Morgan fingerprint density at radius 2 is 2.42 bits per heavy atom. The van der Waals surface area contributed by atoms with Crippen LogP contribution < -0.4 is 0 Å². The Labute approximate surface area is 77.5 Å². The van der Waals surface area contributed by atoms with E-state index in [2.05, 4.69) is 12.2 Å². The maximum absolute atomic E-state index is 11.4. The first-order valence-corrected chi connectivity index (χ1v) is 4.38. The third-order valence-corrected chi connectivity index (χ3v) is 2.96. The number of thioether (sulfide) groups is 1. The highest BCUT2D eigenvalue weighted by molar-refractivity contribution is 8.23. The monoisotopic (exact) mass is 207 g/mol. The van der Waals surface area contributed by atoms with Crippen molar-refractivity contribution in [1.82, 2.24) is 0 Å². The first-order chi connectivity index (χ1) is 5.47. The van der Waals surface area contributed by atoms with Gasteiger partial charge in [-0.25, -0.2) is 14.2 Å². The van der Waals surface area contributed by atoms with Crippen LogP contribution in [0.3, 0.4) is 0 Å². The van der Waals surface area contributed by atoms with Crippen LogP contribution in [0.1, 0.15) is 0 Å². The Hall–Kier alpha value is -0.500. The molecule has 0 bridgehead atoms. The molecule has 1 saturated heterocycles. The van der Waals surface area contributed by atoms with Crippen molar-refractivity contribution < 1.29 is 19.3 Å². The molecule has 1 aliphatic rings. The smallest absolute Gasteiger partial charge is 0.360 e.